The molecule has 1 aromatic rings. The smallest absolute Gasteiger partial charge is 0.244 e. The van der Waals surface area contributed by atoms with E-state index in [2.05, 4.69) is 13.8 Å². The molecule has 0 saturated carbocycles. The van der Waals surface area contributed by atoms with Crippen LogP contribution < -0.4 is 5.73 Å². The van der Waals surface area contributed by atoms with Crippen LogP contribution in [0.25, 0.3) is 0 Å². The van der Waals surface area contributed by atoms with Crippen molar-refractivity contribution in [2.75, 3.05) is 6.54 Å². The summed E-state index contributed by atoms with van der Waals surface area (Å²) >= 11 is 0. The van der Waals surface area contributed by atoms with Crippen molar-refractivity contribution < 1.29 is 8.42 Å². The number of nitrogens with two attached hydrogens (primary N) is 1. The molecule has 1 aliphatic rings. The molecule has 0 amide bonds. The Balaban J connectivity index is 2.34. The molecule has 2 atom stereocenters. The molecule has 0 spiro atoms. The van der Waals surface area contributed by atoms with Crippen molar-refractivity contribution in [3.63, 3.8) is 0 Å². The van der Waals surface area contributed by atoms with E-state index in [1.54, 1.807) is 16.6 Å². The van der Waals surface area contributed by atoms with E-state index < -0.39 is 10.0 Å². The molecular formula is C15H27N3O2S. The van der Waals surface area contributed by atoms with Crippen molar-refractivity contribution in [3.05, 3.63) is 18.0 Å². The molecule has 1 fully saturated rings. The Labute approximate surface area is 128 Å². The van der Waals surface area contributed by atoms with Gasteiger partial charge in [-0.3, -0.25) is 0 Å². The van der Waals surface area contributed by atoms with Crippen LogP contribution >= 0.6 is 0 Å². The van der Waals surface area contributed by atoms with Crippen molar-refractivity contribution in [2.45, 2.75) is 64.1 Å². The first-order valence-electron chi connectivity index (χ1n) is 7.81. The van der Waals surface area contributed by atoms with Crippen molar-refractivity contribution in [3.8, 4) is 0 Å². The molecule has 2 heterocycles. The highest BCUT2D eigenvalue weighted by atomic mass is 32.2. The minimum atomic E-state index is -3.42. The van der Waals surface area contributed by atoms with E-state index in [0.29, 0.717) is 23.9 Å². The monoisotopic (exact) mass is 313 g/mol. The first-order valence-corrected chi connectivity index (χ1v) is 9.25. The Morgan fingerprint density at radius 1 is 1.33 bits per heavy atom. The third kappa shape index (κ3) is 3.33. The van der Waals surface area contributed by atoms with E-state index in [1.807, 2.05) is 11.5 Å². The number of aromatic nitrogens is 1. The van der Waals surface area contributed by atoms with Gasteiger partial charge in [0.2, 0.25) is 10.0 Å². The first kappa shape index (κ1) is 16.5. The normalized spacial score (nSPS) is 24.4. The van der Waals surface area contributed by atoms with Gasteiger partial charge < -0.3 is 10.3 Å². The molecule has 1 saturated heterocycles. The Bertz CT molecular complexity index is 580. The van der Waals surface area contributed by atoms with Crippen molar-refractivity contribution in [2.24, 2.45) is 11.7 Å². The standard InChI is InChI=1S/C15H27N3O2S/c1-4-7-17-11-15(8-14(17)9-16)21(19,20)18-10-12(2)5-6-13(18)3/h8,11-13H,4-7,9-10,16H2,1-3H3. The molecule has 0 bridgehead atoms. The molecule has 0 radical (unpaired) electrons. The summed E-state index contributed by atoms with van der Waals surface area (Å²) in [5.74, 6) is 0.419. The van der Waals surface area contributed by atoms with Crippen LogP contribution in [0.1, 0.15) is 45.7 Å². The van der Waals surface area contributed by atoms with Gasteiger partial charge in [0, 0.05) is 37.6 Å². The molecule has 0 aliphatic carbocycles. The second-order valence-electron chi connectivity index (χ2n) is 6.17. The van der Waals surface area contributed by atoms with Gasteiger partial charge in [0.1, 0.15) is 4.90 Å². The maximum absolute atomic E-state index is 12.9. The summed E-state index contributed by atoms with van der Waals surface area (Å²) < 4.78 is 29.4. The average Bonchev–Trinajstić information content (AvgIpc) is 2.85. The highest BCUT2D eigenvalue weighted by Gasteiger charge is 2.34. The number of sulfonamides is 1. The molecule has 0 aromatic carbocycles. The van der Waals surface area contributed by atoms with Crippen LogP contribution in [-0.2, 0) is 23.1 Å². The Kier molecular flexibility index (Phi) is 5.11. The lowest BCUT2D eigenvalue weighted by atomic mass is 9.97. The molecule has 6 heteroatoms. The SMILES string of the molecule is CCCn1cc(S(=O)(=O)N2CC(C)CCC2C)cc1CN. The zero-order chi connectivity index (χ0) is 15.6. The van der Waals surface area contributed by atoms with Gasteiger partial charge in [-0.05, 0) is 38.2 Å². The van der Waals surface area contributed by atoms with Crippen molar-refractivity contribution in [1.82, 2.24) is 8.87 Å². The Morgan fingerprint density at radius 2 is 2.05 bits per heavy atom. The number of aryl methyl sites for hydroxylation is 1. The van der Waals surface area contributed by atoms with E-state index in [4.69, 9.17) is 5.73 Å². The largest absolute Gasteiger partial charge is 0.349 e. The summed E-state index contributed by atoms with van der Waals surface area (Å²) in [6.45, 7) is 7.96. The quantitative estimate of drug-likeness (QED) is 0.906. The zero-order valence-corrected chi connectivity index (χ0v) is 14.1. The average molecular weight is 313 g/mol. The minimum Gasteiger partial charge on any atom is -0.349 e. The molecule has 2 unspecified atom stereocenters. The second kappa shape index (κ2) is 6.50. The summed E-state index contributed by atoms with van der Waals surface area (Å²) in [5, 5.41) is 0. The predicted octanol–water partition coefficient (Wildman–Crippen LogP) is 2.17. The van der Waals surface area contributed by atoms with Crippen LogP contribution in [0.4, 0.5) is 0 Å². The lowest BCUT2D eigenvalue weighted by Gasteiger charge is -2.35. The van der Waals surface area contributed by atoms with Gasteiger partial charge in [0.25, 0.3) is 0 Å². The predicted molar refractivity (Wildman–Crippen MR) is 84.4 cm³/mol. The van der Waals surface area contributed by atoms with Crippen molar-refractivity contribution >= 4 is 10.0 Å². The topological polar surface area (TPSA) is 68.3 Å². The summed E-state index contributed by atoms with van der Waals surface area (Å²) in [7, 11) is -3.42. The fraction of sp³-hybridized carbons (Fsp3) is 0.733. The van der Waals surface area contributed by atoms with Crippen LogP contribution in [-0.4, -0.2) is 29.9 Å². The zero-order valence-electron chi connectivity index (χ0n) is 13.2. The highest BCUT2D eigenvalue weighted by molar-refractivity contribution is 7.89. The third-order valence-corrected chi connectivity index (χ3v) is 6.25. The number of piperidine rings is 1. The van der Waals surface area contributed by atoms with Crippen LogP contribution in [0.3, 0.4) is 0 Å². The molecule has 21 heavy (non-hydrogen) atoms. The third-order valence-electron chi connectivity index (χ3n) is 4.30. The fourth-order valence-corrected chi connectivity index (χ4v) is 4.85. The molecule has 2 rings (SSSR count). The molecular weight excluding hydrogens is 286 g/mol. The first-order chi connectivity index (χ1) is 9.90. The number of nitrogens with zero attached hydrogens (tertiary/aromatic N) is 2. The Morgan fingerprint density at radius 3 is 2.67 bits per heavy atom. The van der Waals surface area contributed by atoms with Gasteiger partial charge in [-0.1, -0.05) is 13.8 Å². The maximum Gasteiger partial charge on any atom is 0.244 e. The minimum absolute atomic E-state index is 0.0713. The van der Waals surface area contributed by atoms with Gasteiger partial charge in [-0.25, -0.2) is 8.42 Å². The second-order valence-corrected chi connectivity index (χ2v) is 8.06. The summed E-state index contributed by atoms with van der Waals surface area (Å²) in [5.41, 5.74) is 6.62. The van der Waals surface area contributed by atoms with Gasteiger partial charge in [0.15, 0.2) is 0 Å². The number of hydrogen-bond donors (Lipinski definition) is 1. The van der Waals surface area contributed by atoms with E-state index >= 15 is 0 Å². The van der Waals surface area contributed by atoms with E-state index in [0.717, 1.165) is 31.5 Å². The van der Waals surface area contributed by atoms with E-state index in [-0.39, 0.29) is 6.04 Å². The van der Waals surface area contributed by atoms with Crippen molar-refractivity contribution in [1.29, 1.82) is 0 Å². The highest BCUT2D eigenvalue weighted by Crippen LogP contribution is 2.28. The van der Waals surface area contributed by atoms with Gasteiger partial charge in [0.05, 0.1) is 0 Å². The molecule has 5 nitrogen and oxygen atoms in total. The van der Waals surface area contributed by atoms with Crippen LogP contribution in [0.5, 0.6) is 0 Å². The van der Waals surface area contributed by atoms with Crippen LogP contribution in [0, 0.1) is 5.92 Å². The van der Waals surface area contributed by atoms with Crippen LogP contribution in [0.15, 0.2) is 17.2 Å². The molecule has 2 N–H and O–H groups in total. The molecule has 120 valence electrons. The number of hydrogen-bond acceptors (Lipinski definition) is 3. The van der Waals surface area contributed by atoms with Gasteiger partial charge in [-0.15, -0.1) is 0 Å². The van der Waals surface area contributed by atoms with Crippen LogP contribution in [0.2, 0.25) is 0 Å². The molecule has 1 aromatic heterocycles. The fourth-order valence-electron chi connectivity index (χ4n) is 3.01. The lowest BCUT2D eigenvalue weighted by molar-refractivity contribution is 0.218. The van der Waals surface area contributed by atoms with Gasteiger partial charge >= 0.3 is 0 Å². The van der Waals surface area contributed by atoms with Gasteiger partial charge in [-0.2, -0.15) is 4.31 Å². The summed E-state index contributed by atoms with van der Waals surface area (Å²) in [4.78, 5) is 0.386. The Hall–Kier alpha value is -0.850. The number of rotatable bonds is 5. The van der Waals surface area contributed by atoms with E-state index in [9.17, 15) is 8.42 Å². The van der Waals surface area contributed by atoms with E-state index in [1.165, 1.54) is 0 Å². The summed E-state index contributed by atoms with van der Waals surface area (Å²) in [6.07, 6.45) is 4.73. The maximum atomic E-state index is 12.9. The molecule has 1 aliphatic heterocycles. The lowest BCUT2D eigenvalue weighted by Crippen LogP contribution is -2.44. The summed E-state index contributed by atoms with van der Waals surface area (Å²) in [6, 6.07) is 1.80.